The first-order valence-corrected chi connectivity index (χ1v) is 9.93. The Kier molecular flexibility index (Phi) is 6.04. The van der Waals surface area contributed by atoms with E-state index in [-0.39, 0.29) is 0 Å². The number of nitrogens with zero attached hydrogens (tertiary/aromatic N) is 2. The highest BCUT2D eigenvalue weighted by atomic mass is 16.5. The number of aliphatic hydroxyl groups excluding tert-OH is 1. The second kappa shape index (κ2) is 9.04. The van der Waals surface area contributed by atoms with Crippen molar-refractivity contribution in [2.45, 2.75) is 31.9 Å². The number of β-amino-alcohol motifs (C(OH)–C–C–N with tert-alkyl or cyclic N) is 1. The number of H-pyrrole nitrogens is 1. The SMILES string of the molecule is OC(COc1cccc(CCc2ccn[nH]2)c1)CN1CCc2ccccc2C1. The van der Waals surface area contributed by atoms with Crippen LogP contribution in [0.1, 0.15) is 22.4 Å². The van der Waals surface area contributed by atoms with Gasteiger partial charge in [0.2, 0.25) is 0 Å². The smallest absolute Gasteiger partial charge is 0.119 e. The number of aryl methyl sites for hydroxylation is 2. The molecule has 5 heteroatoms. The number of ether oxygens (including phenoxy) is 1. The van der Waals surface area contributed by atoms with Crippen molar-refractivity contribution < 1.29 is 9.84 Å². The first-order valence-electron chi connectivity index (χ1n) is 9.93. The molecule has 1 atom stereocenters. The molecule has 0 amide bonds. The summed E-state index contributed by atoms with van der Waals surface area (Å²) in [6, 6.07) is 18.7. The summed E-state index contributed by atoms with van der Waals surface area (Å²) in [5.41, 5.74) is 5.14. The third-order valence-corrected chi connectivity index (χ3v) is 5.26. The molecule has 0 saturated carbocycles. The van der Waals surface area contributed by atoms with Crippen LogP contribution in [0.5, 0.6) is 5.75 Å². The number of hydrogen-bond acceptors (Lipinski definition) is 4. The molecule has 0 spiro atoms. The van der Waals surface area contributed by atoms with Crippen LogP contribution in [0.2, 0.25) is 0 Å². The van der Waals surface area contributed by atoms with Gasteiger partial charge < -0.3 is 9.84 Å². The number of fused-ring (bicyclic) bond motifs is 1. The molecule has 0 radical (unpaired) electrons. The minimum atomic E-state index is -0.501. The molecule has 4 rings (SSSR count). The third kappa shape index (κ3) is 5.00. The average Bonchev–Trinajstić information content (AvgIpc) is 3.25. The molecule has 1 aromatic heterocycles. The van der Waals surface area contributed by atoms with Crippen molar-refractivity contribution in [1.29, 1.82) is 0 Å². The fourth-order valence-electron chi connectivity index (χ4n) is 3.75. The van der Waals surface area contributed by atoms with E-state index in [1.807, 2.05) is 18.2 Å². The molecule has 0 bridgehead atoms. The highest BCUT2D eigenvalue weighted by Gasteiger charge is 2.18. The van der Waals surface area contributed by atoms with E-state index in [0.29, 0.717) is 13.2 Å². The van der Waals surface area contributed by atoms with E-state index in [1.165, 1.54) is 16.7 Å². The van der Waals surface area contributed by atoms with Gasteiger partial charge in [0.05, 0.1) is 0 Å². The van der Waals surface area contributed by atoms with E-state index >= 15 is 0 Å². The van der Waals surface area contributed by atoms with Crippen LogP contribution in [-0.2, 0) is 25.8 Å². The molecule has 1 aliphatic rings. The van der Waals surface area contributed by atoms with E-state index in [1.54, 1.807) is 6.20 Å². The standard InChI is InChI=1S/C23H27N3O2/c27-22(16-26-13-11-19-5-1-2-6-20(19)15-26)17-28-23-7-3-4-18(14-23)8-9-21-10-12-24-25-21/h1-7,10,12,14,22,27H,8-9,11,13,15-17H2,(H,24,25). The number of aromatic nitrogens is 2. The number of aromatic amines is 1. The molecule has 146 valence electrons. The summed E-state index contributed by atoms with van der Waals surface area (Å²) in [5.74, 6) is 0.810. The summed E-state index contributed by atoms with van der Waals surface area (Å²) in [7, 11) is 0. The Morgan fingerprint density at radius 1 is 1.07 bits per heavy atom. The molecule has 2 heterocycles. The zero-order chi connectivity index (χ0) is 19.2. The topological polar surface area (TPSA) is 61.4 Å². The van der Waals surface area contributed by atoms with Crippen molar-refractivity contribution in [3.05, 3.63) is 83.2 Å². The Labute approximate surface area is 166 Å². The molecular weight excluding hydrogens is 350 g/mol. The van der Waals surface area contributed by atoms with Gasteiger partial charge in [-0.05, 0) is 54.2 Å². The van der Waals surface area contributed by atoms with Crippen LogP contribution < -0.4 is 4.74 Å². The summed E-state index contributed by atoms with van der Waals surface area (Å²) < 4.78 is 5.86. The van der Waals surface area contributed by atoms with Crippen LogP contribution in [0.15, 0.2) is 60.8 Å². The minimum absolute atomic E-state index is 0.308. The fourth-order valence-corrected chi connectivity index (χ4v) is 3.75. The normalized spacial score (nSPS) is 15.2. The number of rotatable bonds is 8. The third-order valence-electron chi connectivity index (χ3n) is 5.26. The van der Waals surface area contributed by atoms with Crippen molar-refractivity contribution in [2.75, 3.05) is 19.7 Å². The van der Waals surface area contributed by atoms with Gasteiger partial charge >= 0.3 is 0 Å². The molecular formula is C23H27N3O2. The van der Waals surface area contributed by atoms with Crippen LogP contribution >= 0.6 is 0 Å². The van der Waals surface area contributed by atoms with Crippen molar-refractivity contribution in [3.63, 3.8) is 0 Å². The van der Waals surface area contributed by atoms with Gasteiger partial charge in [0.15, 0.2) is 0 Å². The van der Waals surface area contributed by atoms with Gasteiger partial charge in [-0.2, -0.15) is 5.10 Å². The number of benzene rings is 2. The van der Waals surface area contributed by atoms with Crippen LogP contribution in [-0.4, -0.2) is 46.0 Å². The molecule has 28 heavy (non-hydrogen) atoms. The molecule has 1 aliphatic heterocycles. The summed E-state index contributed by atoms with van der Waals surface area (Å²) in [4.78, 5) is 2.30. The summed E-state index contributed by atoms with van der Waals surface area (Å²) >= 11 is 0. The van der Waals surface area contributed by atoms with Crippen LogP contribution in [0.4, 0.5) is 0 Å². The second-order valence-corrected chi connectivity index (χ2v) is 7.45. The number of nitrogens with one attached hydrogen (secondary N) is 1. The van der Waals surface area contributed by atoms with Gasteiger partial charge in [-0.25, -0.2) is 0 Å². The fraction of sp³-hybridized carbons (Fsp3) is 0.348. The average molecular weight is 377 g/mol. The molecule has 0 saturated heterocycles. The maximum atomic E-state index is 10.4. The quantitative estimate of drug-likeness (QED) is 0.634. The van der Waals surface area contributed by atoms with E-state index in [9.17, 15) is 5.11 Å². The van der Waals surface area contributed by atoms with Gasteiger partial charge in [0.25, 0.3) is 0 Å². The first-order chi connectivity index (χ1) is 13.8. The van der Waals surface area contributed by atoms with Crippen molar-refractivity contribution in [1.82, 2.24) is 15.1 Å². The Hall–Kier alpha value is -2.63. The number of hydrogen-bond donors (Lipinski definition) is 2. The van der Waals surface area contributed by atoms with E-state index in [2.05, 4.69) is 51.5 Å². The molecule has 5 nitrogen and oxygen atoms in total. The predicted molar refractivity (Wildman–Crippen MR) is 109 cm³/mol. The Morgan fingerprint density at radius 3 is 2.82 bits per heavy atom. The monoisotopic (exact) mass is 377 g/mol. The Morgan fingerprint density at radius 2 is 1.96 bits per heavy atom. The molecule has 2 aromatic carbocycles. The molecule has 2 N–H and O–H groups in total. The van der Waals surface area contributed by atoms with E-state index < -0.39 is 6.10 Å². The zero-order valence-electron chi connectivity index (χ0n) is 16.1. The summed E-state index contributed by atoms with van der Waals surface area (Å²) in [6.45, 7) is 2.82. The van der Waals surface area contributed by atoms with Gasteiger partial charge in [-0.1, -0.05) is 36.4 Å². The van der Waals surface area contributed by atoms with Gasteiger partial charge in [0.1, 0.15) is 18.5 Å². The van der Waals surface area contributed by atoms with Gasteiger partial charge in [0, 0.05) is 31.5 Å². The molecule has 0 fully saturated rings. The predicted octanol–water partition coefficient (Wildman–Crippen LogP) is 2.99. The van der Waals surface area contributed by atoms with Crippen molar-refractivity contribution in [3.8, 4) is 5.75 Å². The molecule has 3 aromatic rings. The maximum Gasteiger partial charge on any atom is 0.119 e. The van der Waals surface area contributed by atoms with Crippen molar-refractivity contribution >= 4 is 0 Å². The Balaban J connectivity index is 1.24. The summed E-state index contributed by atoms with van der Waals surface area (Å²) in [6.07, 6.45) is 4.16. The van der Waals surface area contributed by atoms with Crippen LogP contribution in [0, 0.1) is 0 Å². The largest absolute Gasteiger partial charge is 0.491 e. The van der Waals surface area contributed by atoms with Crippen molar-refractivity contribution in [2.24, 2.45) is 0 Å². The van der Waals surface area contributed by atoms with E-state index in [0.717, 1.165) is 43.8 Å². The lowest BCUT2D eigenvalue weighted by atomic mass is 10.00. The molecule has 0 aliphatic carbocycles. The van der Waals surface area contributed by atoms with Gasteiger partial charge in [-0.3, -0.25) is 10.00 Å². The highest BCUT2D eigenvalue weighted by molar-refractivity contribution is 5.30. The second-order valence-electron chi connectivity index (χ2n) is 7.45. The Bertz CT molecular complexity index is 879. The lowest BCUT2D eigenvalue weighted by Crippen LogP contribution is -2.38. The van der Waals surface area contributed by atoms with E-state index in [4.69, 9.17) is 4.74 Å². The zero-order valence-corrected chi connectivity index (χ0v) is 16.1. The first kappa shape index (κ1) is 18.7. The highest BCUT2D eigenvalue weighted by Crippen LogP contribution is 2.19. The maximum absolute atomic E-state index is 10.4. The lowest BCUT2D eigenvalue weighted by Gasteiger charge is -2.30. The van der Waals surface area contributed by atoms with Gasteiger partial charge in [-0.15, -0.1) is 0 Å². The van der Waals surface area contributed by atoms with Crippen LogP contribution in [0.25, 0.3) is 0 Å². The summed E-state index contributed by atoms with van der Waals surface area (Å²) in [5, 5.41) is 17.4. The van der Waals surface area contributed by atoms with Crippen LogP contribution in [0.3, 0.4) is 0 Å². The lowest BCUT2D eigenvalue weighted by molar-refractivity contribution is 0.0637. The molecule has 1 unspecified atom stereocenters. The number of aliphatic hydroxyl groups is 1. The minimum Gasteiger partial charge on any atom is -0.491 e.